The van der Waals surface area contributed by atoms with Crippen molar-refractivity contribution in [3.05, 3.63) is 41.4 Å². The van der Waals surface area contributed by atoms with Crippen LogP contribution in [0.5, 0.6) is 5.75 Å². The number of hydrogen-bond acceptors (Lipinski definition) is 4. The van der Waals surface area contributed by atoms with Gasteiger partial charge in [0.1, 0.15) is 12.3 Å². The van der Waals surface area contributed by atoms with Gasteiger partial charge in [0, 0.05) is 23.7 Å². The van der Waals surface area contributed by atoms with Crippen LogP contribution in [0.1, 0.15) is 18.9 Å². The van der Waals surface area contributed by atoms with Gasteiger partial charge < -0.3 is 9.30 Å². The summed E-state index contributed by atoms with van der Waals surface area (Å²) >= 11 is 6.06. The van der Waals surface area contributed by atoms with Crippen LogP contribution in [0.3, 0.4) is 0 Å². The van der Waals surface area contributed by atoms with Crippen molar-refractivity contribution in [2.45, 2.75) is 26.3 Å². The molecule has 0 radical (unpaired) electrons. The molecule has 0 amide bonds. The van der Waals surface area contributed by atoms with E-state index in [0.29, 0.717) is 18.1 Å². The minimum Gasteiger partial charge on any atom is -0.488 e. The molecule has 0 fully saturated rings. The number of nitrogens with zero attached hydrogens (tertiary/aromatic N) is 4. The lowest BCUT2D eigenvalue weighted by Gasteiger charge is -2.14. The van der Waals surface area contributed by atoms with E-state index >= 15 is 0 Å². The van der Waals surface area contributed by atoms with Gasteiger partial charge in [-0.15, -0.1) is 0 Å². The van der Waals surface area contributed by atoms with Crippen LogP contribution in [0.4, 0.5) is 0 Å². The molecule has 3 aromatic rings. The van der Waals surface area contributed by atoms with Crippen LogP contribution in [0.15, 0.2) is 30.6 Å². The Morgan fingerprint density at radius 3 is 3.16 bits per heavy atom. The number of halogens is 1. The van der Waals surface area contributed by atoms with Crippen molar-refractivity contribution in [3.63, 3.8) is 0 Å². The van der Waals surface area contributed by atoms with Crippen LogP contribution in [-0.2, 0) is 13.0 Å². The van der Waals surface area contributed by atoms with Crippen molar-refractivity contribution < 1.29 is 4.74 Å². The average Bonchev–Trinajstić information content (AvgIpc) is 3.01. The van der Waals surface area contributed by atoms with Gasteiger partial charge in [-0.1, -0.05) is 18.2 Å². The van der Waals surface area contributed by atoms with Crippen molar-refractivity contribution >= 4 is 22.5 Å². The predicted molar refractivity (Wildman–Crippen MR) is 96.6 cm³/mol. The number of rotatable bonds is 4. The van der Waals surface area contributed by atoms with Gasteiger partial charge in [0.2, 0.25) is 5.28 Å². The summed E-state index contributed by atoms with van der Waals surface area (Å²) in [6.07, 6.45) is 5.93. The van der Waals surface area contributed by atoms with Gasteiger partial charge in [0.15, 0.2) is 5.75 Å². The highest BCUT2D eigenvalue weighted by Gasteiger charge is 2.20. The van der Waals surface area contributed by atoms with Crippen LogP contribution in [0.25, 0.3) is 22.2 Å². The highest BCUT2D eigenvalue weighted by atomic mass is 35.5. The Balaban J connectivity index is 1.85. The van der Waals surface area contributed by atoms with Gasteiger partial charge >= 0.3 is 0 Å². The zero-order chi connectivity index (χ0) is 17.4. The number of ether oxygens (including phenoxy) is 1. The summed E-state index contributed by atoms with van der Waals surface area (Å²) in [7, 11) is 0. The molecule has 4 rings (SSSR count). The molecule has 0 N–H and O–H groups in total. The lowest BCUT2D eigenvalue weighted by molar-refractivity contribution is 0.287. The molecule has 1 unspecified atom stereocenters. The topological polar surface area (TPSA) is 63.7 Å². The molecule has 1 aliphatic rings. The second kappa shape index (κ2) is 6.38. The molecular formula is C19H17ClN4O. The molecule has 3 heterocycles. The van der Waals surface area contributed by atoms with Gasteiger partial charge in [0.25, 0.3) is 0 Å². The van der Waals surface area contributed by atoms with E-state index < -0.39 is 0 Å². The molecule has 5 nitrogen and oxygen atoms in total. The quantitative estimate of drug-likeness (QED) is 0.659. The van der Waals surface area contributed by atoms with E-state index in [1.165, 1.54) is 11.1 Å². The number of hydrogen-bond donors (Lipinski definition) is 0. The standard InChI is InChI=1S/C19H17ClN4O/c1-12(8-21)11-25-16-9-22-19(20)23-17(16)15-10-24-7-3-5-13-4-2-6-14(15)18(13)24/h2,4,6,9-10,12H,3,5,7,11H2,1H3. The summed E-state index contributed by atoms with van der Waals surface area (Å²) in [6.45, 7) is 3.10. The summed E-state index contributed by atoms with van der Waals surface area (Å²) in [5, 5.41) is 10.3. The summed E-state index contributed by atoms with van der Waals surface area (Å²) in [4.78, 5) is 8.47. The normalized spacial score (nSPS) is 14.3. The molecule has 0 spiro atoms. The predicted octanol–water partition coefficient (Wildman–Crippen LogP) is 4.24. The second-order valence-electron chi connectivity index (χ2n) is 6.35. The average molecular weight is 353 g/mol. The van der Waals surface area contributed by atoms with E-state index in [2.05, 4.69) is 45.0 Å². The van der Waals surface area contributed by atoms with Crippen molar-refractivity contribution in [2.75, 3.05) is 6.61 Å². The zero-order valence-corrected chi connectivity index (χ0v) is 14.6. The first kappa shape index (κ1) is 15.9. The Morgan fingerprint density at radius 2 is 2.32 bits per heavy atom. The Labute approximate surface area is 150 Å². The van der Waals surface area contributed by atoms with Crippen molar-refractivity contribution in [3.8, 4) is 23.1 Å². The van der Waals surface area contributed by atoms with Gasteiger partial charge in [-0.3, -0.25) is 0 Å². The van der Waals surface area contributed by atoms with E-state index in [4.69, 9.17) is 21.6 Å². The summed E-state index contributed by atoms with van der Waals surface area (Å²) in [5.41, 5.74) is 4.28. The van der Waals surface area contributed by atoms with Gasteiger partial charge in [0.05, 0.1) is 23.7 Å². The molecule has 6 heteroatoms. The molecule has 25 heavy (non-hydrogen) atoms. The Kier molecular flexibility index (Phi) is 4.06. The van der Waals surface area contributed by atoms with Crippen LogP contribution >= 0.6 is 11.6 Å². The van der Waals surface area contributed by atoms with E-state index in [1.807, 2.05) is 6.92 Å². The van der Waals surface area contributed by atoms with Crippen molar-refractivity contribution in [1.29, 1.82) is 5.26 Å². The van der Waals surface area contributed by atoms with Gasteiger partial charge in [-0.05, 0) is 36.9 Å². The number of nitriles is 1. The molecule has 126 valence electrons. The molecule has 2 aromatic heterocycles. The summed E-state index contributed by atoms with van der Waals surface area (Å²) in [6, 6.07) is 8.54. The molecule has 1 atom stereocenters. The highest BCUT2D eigenvalue weighted by Crippen LogP contribution is 2.38. The summed E-state index contributed by atoms with van der Waals surface area (Å²) < 4.78 is 8.10. The molecule has 1 aromatic carbocycles. The molecular weight excluding hydrogens is 336 g/mol. The maximum atomic E-state index is 8.97. The highest BCUT2D eigenvalue weighted by molar-refractivity contribution is 6.28. The third-order valence-corrected chi connectivity index (χ3v) is 4.70. The molecule has 0 aliphatic carbocycles. The third-order valence-electron chi connectivity index (χ3n) is 4.52. The minimum atomic E-state index is -0.210. The maximum Gasteiger partial charge on any atom is 0.223 e. The van der Waals surface area contributed by atoms with Gasteiger partial charge in [-0.2, -0.15) is 5.26 Å². The summed E-state index contributed by atoms with van der Waals surface area (Å²) in [5.74, 6) is 0.341. The van der Waals surface area contributed by atoms with Crippen LogP contribution in [-0.4, -0.2) is 21.1 Å². The maximum absolute atomic E-state index is 8.97. The van der Waals surface area contributed by atoms with Crippen LogP contribution < -0.4 is 4.74 Å². The van der Waals surface area contributed by atoms with Gasteiger partial charge in [-0.25, -0.2) is 9.97 Å². The first-order valence-corrected chi connectivity index (χ1v) is 8.71. The number of benzene rings is 1. The number of aryl methyl sites for hydroxylation is 2. The second-order valence-corrected chi connectivity index (χ2v) is 6.68. The number of para-hydroxylation sites is 1. The SMILES string of the molecule is CC(C#N)COc1cnc(Cl)nc1-c1cn2c3c(cccc13)CCC2. The first-order valence-electron chi connectivity index (χ1n) is 8.33. The fourth-order valence-corrected chi connectivity index (χ4v) is 3.48. The first-order chi connectivity index (χ1) is 12.2. The monoisotopic (exact) mass is 352 g/mol. The van der Waals surface area contributed by atoms with Crippen molar-refractivity contribution in [1.82, 2.24) is 14.5 Å². The minimum absolute atomic E-state index is 0.183. The lowest BCUT2D eigenvalue weighted by atomic mass is 10.0. The van der Waals surface area contributed by atoms with Crippen LogP contribution in [0, 0.1) is 17.2 Å². The largest absolute Gasteiger partial charge is 0.488 e. The van der Waals surface area contributed by atoms with Crippen LogP contribution in [0.2, 0.25) is 5.28 Å². The third kappa shape index (κ3) is 2.83. The fraction of sp³-hybridized carbons (Fsp3) is 0.316. The Morgan fingerprint density at radius 1 is 1.44 bits per heavy atom. The Hall–Kier alpha value is -2.58. The molecule has 0 saturated heterocycles. The fourth-order valence-electron chi connectivity index (χ4n) is 3.34. The smallest absolute Gasteiger partial charge is 0.223 e. The van der Waals surface area contributed by atoms with Crippen molar-refractivity contribution in [2.24, 2.45) is 5.92 Å². The lowest BCUT2D eigenvalue weighted by Crippen LogP contribution is -2.08. The Bertz CT molecular complexity index is 989. The van der Waals surface area contributed by atoms with E-state index in [-0.39, 0.29) is 11.2 Å². The molecule has 0 saturated carbocycles. The molecule has 0 bridgehead atoms. The number of aromatic nitrogens is 3. The van der Waals surface area contributed by atoms with E-state index in [9.17, 15) is 0 Å². The van der Waals surface area contributed by atoms with E-state index in [0.717, 1.165) is 30.3 Å². The van der Waals surface area contributed by atoms with E-state index in [1.54, 1.807) is 6.20 Å². The zero-order valence-electron chi connectivity index (χ0n) is 13.9. The molecule has 1 aliphatic heterocycles.